The quantitative estimate of drug-likeness (QED) is 0.215. The lowest BCUT2D eigenvalue weighted by atomic mass is 9.92. The number of benzene rings is 1. The molecule has 2 aliphatic rings. The van der Waals surface area contributed by atoms with Crippen LogP contribution < -0.4 is 26.6 Å². The molecule has 2 fully saturated rings. The molecule has 1 aliphatic carbocycles. The molecule has 0 radical (unpaired) electrons. The van der Waals surface area contributed by atoms with E-state index >= 15 is 0 Å². The highest BCUT2D eigenvalue weighted by molar-refractivity contribution is 6.09. The van der Waals surface area contributed by atoms with E-state index in [4.69, 9.17) is 21.1 Å². The van der Waals surface area contributed by atoms with Crippen molar-refractivity contribution in [3.8, 4) is 0 Å². The smallest absolute Gasteiger partial charge is 0.256 e. The average Bonchev–Trinajstić information content (AvgIpc) is 3.79. The standard InChI is InChI=1S/C29H39N11O/c1-17-6-7-18(27(41)36-22(31)15-21(30)29(2,3)4)14-20(17)35-26-24-23(33-16-34-26)25(32-5)38-28(37-24)40-12-10-39(11-13-40)19-8-9-19/h6-7,14-16,19H,8-13,30H2,1-5H3,(H2,31,36,41)(H,32,37,38)(H,33,34,35). The number of aryl methyl sites for hydroxylation is 1. The number of amides is 1. The number of carbonyl (C=O) groups excluding carboxylic acids is 1. The fourth-order valence-electron chi connectivity index (χ4n) is 4.70. The van der Waals surface area contributed by atoms with Crippen LogP contribution in [0.15, 0.2) is 36.3 Å². The molecule has 2 aromatic heterocycles. The van der Waals surface area contributed by atoms with Gasteiger partial charge in [0.15, 0.2) is 11.6 Å². The van der Waals surface area contributed by atoms with E-state index in [-0.39, 0.29) is 11.3 Å². The number of rotatable bonds is 7. The van der Waals surface area contributed by atoms with Gasteiger partial charge in [0.2, 0.25) is 5.95 Å². The van der Waals surface area contributed by atoms with Crippen LogP contribution in [0.2, 0.25) is 0 Å². The molecule has 12 heteroatoms. The van der Waals surface area contributed by atoms with E-state index in [1.54, 1.807) is 12.1 Å². The zero-order valence-electron chi connectivity index (χ0n) is 24.4. The van der Waals surface area contributed by atoms with E-state index in [1.165, 1.54) is 25.2 Å². The molecule has 0 bridgehead atoms. The zero-order chi connectivity index (χ0) is 29.3. The molecule has 216 valence electrons. The van der Waals surface area contributed by atoms with Crippen LogP contribution in [0.1, 0.15) is 49.5 Å². The van der Waals surface area contributed by atoms with Crippen molar-refractivity contribution in [1.29, 1.82) is 5.41 Å². The van der Waals surface area contributed by atoms with Crippen molar-refractivity contribution in [2.45, 2.75) is 46.6 Å². The first-order valence-corrected chi connectivity index (χ1v) is 14.0. The van der Waals surface area contributed by atoms with Crippen LogP contribution in [0, 0.1) is 17.7 Å². The number of amidine groups is 1. The van der Waals surface area contributed by atoms with Crippen molar-refractivity contribution in [2.75, 3.05) is 48.8 Å². The Hall–Kier alpha value is -4.32. The number of nitrogens with one attached hydrogen (secondary N) is 4. The van der Waals surface area contributed by atoms with E-state index < -0.39 is 5.91 Å². The lowest BCUT2D eigenvalue weighted by Crippen LogP contribution is -2.47. The van der Waals surface area contributed by atoms with Gasteiger partial charge in [0, 0.05) is 61.6 Å². The summed E-state index contributed by atoms with van der Waals surface area (Å²) in [5.74, 6) is 1.31. The number of nitrogens with two attached hydrogens (primary N) is 1. The summed E-state index contributed by atoms with van der Waals surface area (Å²) >= 11 is 0. The number of hydrogen-bond acceptors (Lipinski definition) is 11. The van der Waals surface area contributed by atoms with Gasteiger partial charge in [-0.2, -0.15) is 4.98 Å². The Morgan fingerprint density at radius 2 is 1.80 bits per heavy atom. The van der Waals surface area contributed by atoms with E-state index in [1.807, 2.05) is 40.8 Å². The van der Waals surface area contributed by atoms with Crippen molar-refractivity contribution in [1.82, 2.24) is 30.2 Å². The summed E-state index contributed by atoms with van der Waals surface area (Å²) in [5, 5.41) is 17.3. The maximum atomic E-state index is 13.0. The minimum absolute atomic E-state index is 0.0684. The molecule has 5 rings (SSSR count). The van der Waals surface area contributed by atoms with E-state index in [9.17, 15) is 4.79 Å². The van der Waals surface area contributed by atoms with Crippen molar-refractivity contribution in [3.05, 3.63) is 47.4 Å². The molecule has 3 aromatic rings. The van der Waals surface area contributed by atoms with E-state index in [2.05, 4.69) is 35.7 Å². The Morgan fingerprint density at radius 1 is 1.07 bits per heavy atom. The Kier molecular flexibility index (Phi) is 7.76. The third-order valence-corrected chi connectivity index (χ3v) is 7.53. The predicted molar refractivity (Wildman–Crippen MR) is 163 cm³/mol. The van der Waals surface area contributed by atoms with E-state index in [0.717, 1.165) is 37.8 Å². The first-order chi connectivity index (χ1) is 19.5. The van der Waals surface area contributed by atoms with Gasteiger partial charge in [-0.15, -0.1) is 0 Å². The Morgan fingerprint density at radius 3 is 2.46 bits per heavy atom. The van der Waals surface area contributed by atoms with Crippen molar-refractivity contribution < 1.29 is 4.79 Å². The summed E-state index contributed by atoms with van der Waals surface area (Å²) in [6.45, 7) is 11.5. The van der Waals surface area contributed by atoms with Crippen LogP contribution in [0.3, 0.4) is 0 Å². The number of piperazine rings is 1. The number of hydrogen-bond donors (Lipinski definition) is 5. The highest BCUT2D eigenvalue weighted by atomic mass is 16.1. The first-order valence-electron chi connectivity index (χ1n) is 14.0. The number of allylic oxidation sites excluding steroid dienone is 1. The average molecular weight is 558 g/mol. The molecular formula is C29H39N11O. The summed E-state index contributed by atoms with van der Waals surface area (Å²) < 4.78 is 0. The van der Waals surface area contributed by atoms with Crippen LogP contribution in [-0.2, 0) is 0 Å². The van der Waals surface area contributed by atoms with Crippen molar-refractivity contribution >= 4 is 46.0 Å². The molecule has 41 heavy (non-hydrogen) atoms. The molecule has 1 aliphatic heterocycles. The lowest BCUT2D eigenvalue weighted by Gasteiger charge is -2.35. The first kappa shape index (κ1) is 28.2. The second-order valence-electron chi connectivity index (χ2n) is 11.7. The number of nitrogens with zero attached hydrogens (tertiary/aromatic N) is 6. The minimum atomic E-state index is -0.407. The molecule has 1 amide bonds. The zero-order valence-corrected chi connectivity index (χ0v) is 24.4. The fraction of sp³-hybridized carbons (Fsp3) is 0.448. The number of carbonyl (C=O) groups is 1. The Bertz CT molecular complexity index is 1500. The summed E-state index contributed by atoms with van der Waals surface area (Å²) in [5.41, 5.74) is 9.47. The Labute approximate surface area is 240 Å². The summed E-state index contributed by atoms with van der Waals surface area (Å²) in [6, 6.07) is 6.05. The highest BCUT2D eigenvalue weighted by Gasteiger charge is 2.32. The van der Waals surface area contributed by atoms with Crippen LogP contribution >= 0.6 is 0 Å². The summed E-state index contributed by atoms with van der Waals surface area (Å²) in [7, 11) is 1.82. The van der Waals surface area contributed by atoms with Gasteiger partial charge < -0.3 is 26.6 Å². The molecule has 1 saturated heterocycles. The Balaban J connectivity index is 1.40. The molecule has 0 atom stereocenters. The normalized spacial score (nSPS) is 16.5. The molecule has 1 saturated carbocycles. The maximum absolute atomic E-state index is 13.0. The molecular weight excluding hydrogens is 518 g/mol. The van der Waals surface area contributed by atoms with Crippen LogP contribution in [0.25, 0.3) is 11.0 Å². The molecule has 12 nitrogen and oxygen atoms in total. The third kappa shape index (κ3) is 6.37. The van der Waals surface area contributed by atoms with Gasteiger partial charge in [0.25, 0.3) is 5.91 Å². The van der Waals surface area contributed by atoms with Gasteiger partial charge in [-0.1, -0.05) is 26.8 Å². The largest absolute Gasteiger partial charge is 0.401 e. The van der Waals surface area contributed by atoms with Gasteiger partial charge in [0.05, 0.1) is 0 Å². The summed E-state index contributed by atoms with van der Waals surface area (Å²) in [4.78, 5) is 36.4. The number of aromatic nitrogens is 4. The summed E-state index contributed by atoms with van der Waals surface area (Å²) in [6.07, 6.45) is 5.55. The second-order valence-corrected chi connectivity index (χ2v) is 11.7. The monoisotopic (exact) mass is 557 g/mol. The number of fused-ring (bicyclic) bond motifs is 1. The van der Waals surface area contributed by atoms with Gasteiger partial charge in [-0.3, -0.25) is 15.1 Å². The molecule has 0 unspecified atom stereocenters. The van der Waals surface area contributed by atoms with E-state index in [0.29, 0.717) is 45.6 Å². The van der Waals surface area contributed by atoms with Crippen LogP contribution in [0.5, 0.6) is 0 Å². The predicted octanol–water partition coefficient (Wildman–Crippen LogP) is 3.39. The number of anilines is 4. The minimum Gasteiger partial charge on any atom is -0.401 e. The molecule has 0 spiro atoms. The van der Waals surface area contributed by atoms with Gasteiger partial charge in [0.1, 0.15) is 23.2 Å². The van der Waals surface area contributed by atoms with Gasteiger partial charge in [-0.05, 0) is 43.5 Å². The lowest BCUT2D eigenvalue weighted by molar-refractivity contribution is 0.0977. The molecule has 3 heterocycles. The topological polar surface area (TPSA) is 161 Å². The SMILES string of the molecule is CNc1nc(N2CCN(C3CC3)CC2)nc2c(Nc3cc(C(=O)NC(=N)C=C(N)C(C)(C)C)ccc3C)ncnc12. The van der Waals surface area contributed by atoms with Crippen LogP contribution in [-0.4, -0.2) is 75.8 Å². The van der Waals surface area contributed by atoms with Gasteiger partial charge >= 0.3 is 0 Å². The highest BCUT2D eigenvalue weighted by Crippen LogP contribution is 2.31. The molecule has 6 N–H and O–H groups in total. The van der Waals surface area contributed by atoms with Crippen molar-refractivity contribution in [3.63, 3.8) is 0 Å². The third-order valence-electron chi connectivity index (χ3n) is 7.53. The maximum Gasteiger partial charge on any atom is 0.256 e. The molecule has 1 aromatic carbocycles. The van der Waals surface area contributed by atoms with Crippen LogP contribution in [0.4, 0.5) is 23.3 Å². The van der Waals surface area contributed by atoms with Crippen molar-refractivity contribution in [2.24, 2.45) is 11.1 Å². The second kappa shape index (κ2) is 11.3. The van der Waals surface area contributed by atoms with Gasteiger partial charge in [-0.25, -0.2) is 15.0 Å². The fourth-order valence-corrected chi connectivity index (χ4v) is 4.70.